The van der Waals surface area contributed by atoms with Gasteiger partial charge in [-0.25, -0.2) is 4.98 Å². The summed E-state index contributed by atoms with van der Waals surface area (Å²) in [5.74, 6) is 0. The van der Waals surface area contributed by atoms with Gasteiger partial charge in [0.05, 0.1) is 11.5 Å². The summed E-state index contributed by atoms with van der Waals surface area (Å²) in [6, 6.07) is 10.2. The standard InChI is InChI=1S/C14H17ClN2OS2/c1-2-10(9-18)16-8-12-13(15)17-14(20-12)19-11-6-4-3-5-7-11/h3-7,10,16,18H,2,8-9H2,1H3. The van der Waals surface area contributed by atoms with Crippen molar-refractivity contribution in [3.63, 3.8) is 0 Å². The highest BCUT2D eigenvalue weighted by Crippen LogP contribution is 2.34. The van der Waals surface area contributed by atoms with Crippen LogP contribution in [0.1, 0.15) is 18.2 Å². The molecule has 0 fully saturated rings. The summed E-state index contributed by atoms with van der Waals surface area (Å²) >= 11 is 9.37. The van der Waals surface area contributed by atoms with Gasteiger partial charge >= 0.3 is 0 Å². The van der Waals surface area contributed by atoms with E-state index in [-0.39, 0.29) is 12.6 Å². The zero-order valence-corrected chi connectivity index (χ0v) is 13.6. The number of benzene rings is 1. The highest BCUT2D eigenvalue weighted by atomic mass is 35.5. The largest absolute Gasteiger partial charge is 0.395 e. The molecule has 1 unspecified atom stereocenters. The summed E-state index contributed by atoms with van der Waals surface area (Å²) in [5, 5.41) is 13.0. The van der Waals surface area contributed by atoms with Crippen LogP contribution in [0.2, 0.25) is 5.15 Å². The van der Waals surface area contributed by atoms with Crippen molar-refractivity contribution in [1.82, 2.24) is 10.3 Å². The Bertz CT molecular complexity index is 529. The third-order valence-corrected chi connectivity index (χ3v) is 5.39. The first-order valence-corrected chi connectivity index (χ1v) is 8.46. The molecule has 2 rings (SSSR count). The van der Waals surface area contributed by atoms with Gasteiger partial charge in [-0.2, -0.15) is 0 Å². The fourth-order valence-electron chi connectivity index (χ4n) is 1.63. The molecule has 108 valence electrons. The second kappa shape index (κ2) is 8.00. The van der Waals surface area contributed by atoms with Gasteiger partial charge in [-0.05, 0) is 18.6 Å². The first kappa shape index (κ1) is 15.8. The van der Waals surface area contributed by atoms with Crippen LogP contribution in [0.4, 0.5) is 0 Å². The highest BCUT2D eigenvalue weighted by molar-refractivity contribution is 8.01. The average Bonchev–Trinajstić information content (AvgIpc) is 2.81. The van der Waals surface area contributed by atoms with E-state index in [1.807, 2.05) is 25.1 Å². The minimum absolute atomic E-state index is 0.110. The number of nitrogens with zero attached hydrogens (tertiary/aromatic N) is 1. The molecule has 2 N–H and O–H groups in total. The molecule has 0 aliphatic heterocycles. The predicted molar refractivity (Wildman–Crippen MR) is 85.7 cm³/mol. The molecule has 0 radical (unpaired) electrons. The molecule has 6 heteroatoms. The topological polar surface area (TPSA) is 45.1 Å². The number of aromatic nitrogens is 1. The molecule has 0 spiro atoms. The lowest BCUT2D eigenvalue weighted by atomic mass is 10.2. The maximum atomic E-state index is 9.16. The van der Waals surface area contributed by atoms with Crippen LogP contribution in [-0.2, 0) is 6.54 Å². The number of hydrogen-bond acceptors (Lipinski definition) is 5. The Kier molecular flexibility index (Phi) is 6.32. The highest BCUT2D eigenvalue weighted by Gasteiger charge is 2.12. The van der Waals surface area contributed by atoms with Crippen molar-refractivity contribution in [2.24, 2.45) is 0 Å². The molecule has 0 aliphatic carbocycles. The van der Waals surface area contributed by atoms with Crippen LogP contribution in [0.3, 0.4) is 0 Å². The molecule has 2 aromatic rings. The van der Waals surface area contributed by atoms with Crippen molar-refractivity contribution in [2.45, 2.75) is 35.2 Å². The molecule has 0 saturated heterocycles. The van der Waals surface area contributed by atoms with E-state index >= 15 is 0 Å². The molecular formula is C14H17ClN2OS2. The van der Waals surface area contributed by atoms with Crippen LogP contribution in [0.15, 0.2) is 39.6 Å². The van der Waals surface area contributed by atoms with E-state index in [0.717, 1.165) is 20.5 Å². The number of aliphatic hydroxyl groups is 1. The molecule has 1 atom stereocenters. The minimum Gasteiger partial charge on any atom is -0.395 e. The summed E-state index contributed by atoms with van der Waals surface area (Å²) in [7, 11) is 0. The number of nitrogens with one attached hydrogen (secondary N) is 1. The quantitative estimate of drug-likeness (QED) is 0.811. The maximum absolute atomic E-state index is 9.16. The molecule has 0 amide bonds. The number of hydrogen-bond donors (Lipinski definition) is 2. The number of thiazole rings is 1. The SMILES string of the molecule is CCC(CO)NCc1sc(Sc2ccccc2)nc1Cl. The molecule has 0 bridgehead atoms. The van der Waals surface area contributed by atoms with Crippen molar-refractivity contribution in [3.8, 4) is 0 Å². The van der Waals surface area contributed by atoms with Crippen LogP contribution < -0.4 is 5.32 Å². The van der Waals surface area contributed by atoms with Crippen molar-refractivity contribution < 1.29 is 5.11 Å². The van der Waals surface area contributed by atoms with Crippen molar-refractivity contribution >= 4 is 34.7 Å². The summed E-state index contributed by atoms with van der Waals surface area (Å²) in [4.78, 5) is 6.54. The zero-order chi connectivity index (χ0) is 14.4. The fraction of sp³-hybridized carbons (Fsp3) is 0.357. The molecule has 0 aliphatic rings. The average molecular weight is 329 g/mol. The molecule has 1 heterocycles. The second-order valence-corrected chi connectivity index (χ2v) is 7.04. The Morgan fingerprint density at radius 2 is 2.15 bits per heavy atom. The smallest absolute Gasteiger partial charge is 0.156 e. The minimum atomic E-state index is 0.110. The zero-order valence-electron chi connectivity index (χ0n) is 11.2. The van der Waals surface area contributed by atoms with Crippen molar-refractivity contribution in [2.75, 3.05) is 6.61 Å². The summed E-state index contributed by atoms with van der Waals surface area (Å²) < 4.78 is 0.940. The van der Waals surface area contributed by atoms with Crippen LogP contribution in [0.5, 0.6) is 0 Å². The van der Waals surface area contributed by atoms with Gasteiger partial charge in [-0.3, -0.25) is 0 Å². The number of halogens is 1. The summed E-state index contributed by atoms with van der Waals surface area (Å²) in [5.41, 5.74) is 0. The fourth-order valence-corrected chi connectivity index (χ4v) is 4.02. The molecule has 3 nitrogen and oxygen atoms in total. The van der Waals surface area contributed by atoms with Crippen molar-refractivity contribution in [3.05, 3.63) is 40.4 Å². The van der Waals surface area contributed by atoms with Gasteiger partial charge in [0.25, 0.3) is 0 Å². The van der Waals surface area contributed by atoms with Crippen LogP contribution in [-0.4, -0.2) is 22.7 Å². The third kappa shape index (κ3) is 4.46. The summed E-state index contributed by atoms with van der Waals surface area (Å²) in [6.45, 7) is 2.82. The molecular weight excluding hydrogens is 312 g/mol. The summed E-state index contributed by atoms with van der Waals surface area (Å²) in [6.07, 6.45) is 0.887. The molecule has 1 aromatic carbocycles. The van der Waals surface area contributed by atoms with E-state index in [1.54, 1.807) is 23.1 Å². The monoisotopic (exact) mass is 328 g/mol. The van der Waals surface area contributed by atoms with E-state index in [2.05, 4.69) is 22.4 Å². The lowest BCUT2D eigenvalue weighted by Gasteiger charge is -2.12. The molecule has 0 saturated carbocycles. The number of aliphatic hydroxyl groups excluding tert-OH is 1. The van der Waals surface area contributed by atoms with Crippen LogP contribution in [0, 0.1) is 0 Å². The lowest BCUT2D eigenvalue weighted by molar-refractivity contribution is 0.238. The van der Waals surface area contributed by atoms with Gasteiger partial charge in [0.15, 0.2) is 4.34 Å². The van der Waals surface area contributed by atoms with Crippen molar-refractivity contribution in [1.29, 1.82) is 0 Å². The van der Waals surface area contributed by atoms with Gasteiger partial charge in [-0.15, -0.1) is 11.3 Å². The first-order valence-electron chi connectivity index (χ1n) is 6.45. The van der Waals surface area contributed by atoms with Gasteiger partial charge in [0.1, 0.15) is 5.15 Å². The van der Waals surface area contributed by atoms with Crippen LogP contribution >= 0.6 is 34.7 Å². The van der Waals surface area contributed by atoms with E-state index in [4.69, 9.17) is 16.7 Å². The Hall–Kier alpha value is -0.590. The Balaban J connectivity index is 1.98. The predicted octanol–water partition coefficient (Wildman–Crippen LogP) is 3.81. The molecule has 20 heavy (non-hydrogen) atoms. The Morgan fingerprint density at radius 3 is 2.80 bits per heavy atom. The van der Waals surface area contributed by atoms with E-state index in [0.29, 0.717) is 11.7 Å². The normalized spacial score (nSPS) is 12.6. The van der Waals surface area contributed by atoms with Crippen LogP contribution in [0.25, 0.3) is 0 Å². The maximum Gasteiger partial charge on any atom is 0.156 e. The Labute approximate surface area is 132 Å². The van der Waals surface area contributed by atoms with E-state index in [9.17, 15) is 0 Å². The second-order valence-electron chi connectivity index (χ2n) is 4.28. The first-order chi connectivity index (χ1) is 9.72. The third-order valence-electron chi connectivity index (χ3n) is 2.84. The van der Waals surface area contributed by atoms with E-state index < -0.39 is 0 Å². The van der Waals surface area contributed by atoms with Gasteiger partial charge < -0.3 is 10.4 Å². The van der Waals surface area contributed by atoms with E-state index in [1.165, 1.54) is 0 Å². The number of rotatable bonds is 7. The Morgan fingerprint density at radius 1 is 1.40 bits per heavy atom. The lowest BCUT2D eigenvalue weighted by Crippen LogP contribution is -2.30. The van der Waals surface area contributed by atoms with Gasteiger partial charge in [0.2, 0.25) is 0 Å². The van der Waals surface area contributed by atoms with Gasteiger partial charge in [-0.1, -0.05) is 48.5 Å². The van der Waals surface area contributed by atoms with Gasteiger partial charge in [0, 0.05) is 17.5 Å². The molecule has 1 aromatic heterocycles.